The lowest BCUT2D eigenvalue weighted by Gasteiger charge is -2.10. The minimum Gasteiger partial charge on any atom is -0.302 e. The fourth-order valence-corrected chi connectivity index (χ4v) is 1.69. The van der Waals surface area contributed by atoms with Gasteiger partial charge in [0.1, 0.15) is 34.6 Å². The third-order valence-electron chi connectivity index (χ3n) is 1.93. The Morgan fingerprint density at radius 2 is 2.00 bits per heavy atom. The standard InChI is InChI=1S/C9H8Cl2N2O2/c1-2-6(15)5(3-14)7-8(10)12-4-13-9(7)11/h3-5H,2H2,1H3. The molecule has 4 nitrogen and oxygen atoms in total. The number of carbonyl (C=O) groups is 2. The second-order valence-corrected chi connectivity index (χ2v) is 3.52. The lowest BCUT2D eigenvalue weighted by atomic mass is 9.97. The first kappa shape index (κ1) is 12.1. The van der Waals surface area contributed by atoms with Gasteiger partial charge in [0.25, 0.3) is 0 Å². The predicted octanol–water partition coefficient (Wildman–Crippen LogP) is 2.04. The molecule has 0 aliphatic carbocycles. The van der Waals surface area contributed by atoms with Gasteiger partial charge in [0, 0.05) is 12.0 Å². The maximum atomic E-state index is 11.4. The number of ketones is 1. The van der Waals surface area contributed by atoms with Gasteiger partial charge in [-0.1, -0.05) is 30.1 Å². The van der Waals surface area contributed by atoms with Gasteiger partial charge in [-0.3, -0.25) is 4.79 Å². The van der Waals surface area contributed by atoms with Crippen LogP contribution in [0.15, 0.2) is 6.33 Å². The van der Waals surface area contributed by atoms with Crippen molar-refractivity contribution in [2.45, 2.75) is 19.3 Å². The Kier molecular flexibility index (Phi) is 4.17. The van der Waals surface area contributed by atoms with E-state index in [9.17, 15) is 9.59 Å². The lowest BCUT2D eigenvalue weighted by molar-refractivity contribution is -0.124. The molecule has 0 fully saturated rings. The minimum absolute atomic E-state index is 0.0360. The van der Waals surface area contributed by atoms with Crippen LogP contribution in [0.25, 0.3) is 0 Å². The van der Waals surface area contributed by atoms with Crippen LogP contribution < -0.4 is 0 Å². The van der Waals surface area contributed by atoms with Crippen molar-refractivity contribution in [2.24, 2.45) is 0 Å². The maximum absolute atomic E-state index is 11.4. The summed E-state index contributed by atoms with van der Waals surface area (Å²) in [5.74, 6) is -1.24. The number of nitrogens with zero attached hydrogens (tertiary/aromatic N) is 2. The van der Waals surface area contributed by atoms with Crippen LogP contribution in [0.1, 0.15) is 24.8 Å². The molecule has 1 atom stereocenters. The second-order valence-electron chi connectivity index (χ2n) is 2.80. The third-order valence-corrected chi connectivity index (χ3v) is 2.53. The Labute approximate surface area is 96.6 Å². The van der Waals surface area contributed by atoms with Crippen LogP contribution in [0.4, 0.5) is 0 Å². The second kappa shape index (κ2) is 5.19. The van der Waals surface area contributed by atoms with Crippen molar-refractivity contribution in [2.75, 3.05) is 0 Å². The first-order valence-electron chi connectivity index (χ1n) is 4.25. The van der Waals surface area contributed by atoms with E-state index in [4.69, 9.17) is 23.2 Å². The summed E-state index contributed by atoms with van der Waals surface area (Å²) < 4.78 is 0. The van der Waals surface area contributed by atoms with Crippen molar-refractivity contribution in [3.63, 3.8) is 0 Å². The van der Waals surface area contributed by atoms with E-state index in [1.807, 2.05) is 0 Å². The minimum atomic E-state index is -0.976. The number of aromatic nitrogens is 2. The largest absolute Gasteiger partial charge is 0.302 e. The summed E-state index contributed by atoms with van der Waals surface area (Å²) in [6, 6.07) is 0. The van der Waals surface area contributed by atoms with Crippen molar-refractivity contribution in [3.05, 3.63) is 22.2 Å². The monoisotopic (exact) mass is 246 g/mol. The number of aldehydes is 1. The number of halogens is 2. The van der Waals surface area contributed by atoms with Crippen molar-refractivity contribution >= 4 is 35.3 Å². The van der Waals surface area contributed by atoms with Crippen LogP contribution in [-0.2, 0) is 9.59 Å². The molecule has 0 bridgehead atoms. The van der Waals surface area contributed by atoms with Gasteiger partial charge in [-0.15, -0.1) is 0 Å². The summed E-state index contributed by atoms with van der Waals surface area (Å²) in [5, 5.41) is 0.0720. The third kappa shape index (κ3) is 2.52. The van der Waals surface area contributed by atoms with Crippen LogP contribution in [0.2, 0.25) is 10.3 Å². The zero-order valence-corrected chi connectivity index (χ0v) is 9.42. The van der Waals surface area contributed by atoms with Crippen molar-refractivity contribution < 1.29 is 9.59 Å². The van der Waals surface area contributed by atoms with Gasteiger partial charge in [0.05, 0.1) is 0 Å². The first-order chi connectivity index (χ1) is 7.11. The first-order valence-corrected chi connectivity index (χ1v) is 5.01. The fourth-order valence-electron chi connectivity index (χ4n) is 1.14. The van der Waals surface area contributed by atoms with E-state index >= 15 is 0 Å². The van der Waals surface area contributed by atoms with E-state index in [0.29, 0.717) is 6.29 Å². The highest BCUT2D eigenvalue weighted by atomic mass is 35.5. The molecule has 0 N–H and O–H groups in total. The molecule has 6 heteroatoms. The molecule has 1 rings (SSSR count). The number of hydrogen-bond acceptors (Lipinski definition) is 4. The molecule has 0 radical (unpaired) electrons. The van der Waals surface area contributed by atoms with Crippen molar-refractivity contribution in [1.82, 2.24) is 9.97 Å². The van der Waals surface area contributed by atoms with E-state index in [1.165, 1.54) is 6.33 Å². The van der Waals surface area contributed by atoms with Gasteiger partial charge >= 0.3 is 0 Å². The van der Waals surface area contributed by atoms with Gasteiger partial charge in [0.2, 0.25) is 0 Å². The van der Waals surface area contributed by atoms with Gasteiger partial charge < -0.3 is 4.79 Å². The molecular formula is C9H8Cl2N2O2. The molecule has 1 aromatic heterocycles. The normalized spacial score (nSPS) is 12.2. The van der Waals surface area contributed by atoms with Gasteiger partial charge in [0.15, 0.2) is 0 Å². The molecule has 0 spiro atoms. The van der Waals surface area contributed by atoms with Crippen LogP contribution in [0.5, 0.6) is 0 Å². The average molecular weight is 247 g/mol. The van der Waals surface area contributed by atoms with Crippen molar-refractivity contribution in [3.8, 4) is 0 Å². The molecule has 80 valence electrons. The Hall–Kier alpha value is -1.00. The summed E-state index contributed by atoms with van der Waals surface area (Å²) in [4.78, 5) is 29.6. The quantitative estimate of drug-likeness (QED) is 0.464. The highest BCUT2D eigenvalue weighted by molar-refractivity contribution is 6.35. The summed E-state index contributed by atoms with van der Waals surface area (Å²) in [5.41, 5.74) is 0.183. The molecule has 0 saturated carbocycles. The zero-order valence-electron chi connectivity index (χ0n) is 7.91. The molecule has 0 amide bonds. The zero-order chi connectivity index (χ0) is 11.4. The lowest BCUT2D eigenvalue weighted by Crippen LogP contribution is -2.14. The predicted molar refractivity (Wildman–Crippen MR) is 56.2 cm³/mol. The number of carbonyl (C=O) groups excluding carboxylic acids is 2. The smallest absolute Gasteiger partial charge is 0.147 e. The summed E-state index contributed by atoms with van der Waals surface area (Å²) >= 11 is 11.5. The molecule has 0 aliphatic rings. The molecule has 15 heavy (non-hydrogen) atoms. The summed E-state index contributed by atoms with van der Waals surface area (Å²) in [6.07, 6.45) is 1.90. The van der Waals surface area contributed by atoms with Gasteiger partial charge in [-0.05, 0) is 0 Å². The molecule has 1 aromatic rings. The Balaban J connectivity index is 3.23. The Bertz CT molecular complexity index is 375. The SMILES string of the molecule is CCC(=O)C(C=O)c1c(Cl)ncnc1Cl. The Morgan fingerprint density at radius 3 is 2.40 bits per heavy atom. The molecule has 0 aliphatic heterocycles. The number of Topliss-reactive ketones (excluding diaryl/α,β-unsaturated/α-hetero) is 1. The molecule has 0 aromatic carbocycles. The molecule has 1 unspecified atom stereocenters. The van der Waals surface area contributed by atoms with Crippen LogP contribution in [0, 0.1) is 0 Å². The van der Waals surface area contributed by atoms with Gasteiger partial charge in [-0.25, -0.2) is 9.97 Å². The fraction of sp³-hybridized carbons (Fsp3) is 0.333. The summed E-state index contributed by atoms with van der Waals surface area (Å²) in [7, 11) is 0. The van der Waals surface area contributed by atoms with Crippen molar-refractivity contribution in [1.29, 1.82) is 0 Å². The van der Waals surface area contributed by atoms with Crippen LogP contribution in [-0.4, -0.2) is 22.0 Å². The van der Waals surface area contributed by atoms with E-state index in [-0.39, 0.29) is 28.1 Å². The van der Waals surface area contributed by atoms with E-state index < -0.39 is 5.92 Å². The maximum Gasteiger partial charge on any atom is 0.147 e. The molecule has 0 saturated heterocycles. The van der Waals surface area contributed by atoms with E-state index in [0.717, 1.165) is 0 Å². The highest BCUT2D eigenvalue weighted by Gasteiger charge is 2.24. The topological polar surface area (TPSA) is 59.9 Å². The number of hydrogen-bond donors (Lipinski definition) is 0. The van der Waals surface area contributed by atoms with E-state index in [1.54, 1.807) is 6.92 Å². The summed E-state index contributed by atoms with van der Waals surface area (Å²) in [6.45, 7) is 1.66. The van der Waals surface area contributed by atoms with Crippen LogP contribution >= 0.6 is 23.2 Å². The molecular weight excluding hydrogens is 239 g/mol. The van der Waals surface area contributed by atoms with Crippen LogP contribution in [0.3, 0.4) is 0 Å². The molecule has 1 heterocycles. The Morgan fingerprint density at radius 1 is 1.47 bits per heavy atom. The number of rotatable bonds is 4. The average Bonchev–Trinajstić information content (AvgIpc) is 2.22. The van der Waals surface area contributed by atoms with Gasteiger partial charge in [-0.2, -0.15) is 0 Å². The highest BCUT2D eigenvalue weighted by Crippen LogP contribution is 2.28. The van der Waals surface area contributed by atoms with E-state index in [2.05, 4.69) is 9.97 Å².